The van der Waals surface area contributed by atoms with Gasteiger partial charge in [0.05, 0.1) is 5.56 Å². The Morgan fingerprint density at radius 1 is 0.853 bits per heavy atom. The average Bonchev–Trinajstić information content (AvgIpc) is 2.78. The van der Waals surface area contributed by atoms with Crippen LogP contribution < -0.4 is 4.74 Å². The van der Waals surface area contributed by atoms with E-state index in [1.165, 1.54) is 31.4 Å². The van der Waals surface area contributed by atoms with Crippen molar-refractivity contribution in [3.05, 3.63) is 59.2 Å². The minimum absolute atomic E-state index is 0.0518. The molecule has 0 radical (unpaired) electrons. The van der Waals surface area contributed by atoms with Crippen molar-refractivity contribution in [1.82, 2.24) is 0 Å². The van der Waals surface area contributed by atoms with Crippen molar-refractivity contribution in [3.63, 3.8) is 0 Å². The van der Waals surface area contributed by atoms with Crippen LogP contribution in [0.3, 0.4) is 0 Å². The molecule has 4 rings (SSSR count). The van der Waals surface area contributed by atoms with Gasteiger partial charge < -0.3 is 50.3 Å². The molecule has 0 unspecified atom stereocenters. The molecule has 34 heavy (non-hydrogen) atoms. The molecule has 1 aliphatic heterocycles. The van der Waals surface area contributed by atoms with Crippen molar-refractivity contribution in [2.24, 2.45) is 0 Å². The Labute approximate surface area is 192 Å². The van der Waals surface area contributed by atoms with Crippen molar-refractivity contribution >= 4 is 5.97 Å². The number of carboxylic acids is 1. The fourth-order valence-corrected chi connectivity index (χ4v) is 3.38. The lowest BCUT2D eigenvalue weighted by atomic mass is 9.93. The lowest BCUT2D eigenvalue weighted by Crippen LogP contribution is -2.32. The van der Waals surface area contributed by atoms with Gasteiger partial charge >= 0.3 is 5.97 Å². The number of aromatic hydroxyl groups is 7. The number of carboxylic acid groups (broad SMARTS) is 1. The van der Waals surface area contributed by atoms with Crippen LogP contribution in [0.15, 0.2) is 42.5 Å². The van der Waals surface area contributed by atoms with Crippen LogP contribution >= 0.6 is 0 Å². The van der Waals surface area contributed by atoms with E-state index in [-0.39, 0.29) is 34.7 Å². The molecule has 11 nitrogen and oxygen atoms in total. The fourth-order valence-electron chi connectivity index (χ4n) is 3.38. The highest BCUT2D eigenvalue weighted by molar-refractivity contribution is 5.89. The van der Waals surface area contributed by atoms with Gasteiger partial charge in [0.15, 0.2) is 34.9 Å². The van der Waals surface area contributed by atoms with Gasteiger partial charge in [-0.15, -0.1) is 0 Å². The van der Waals surface area contributed by atoms with Crippen LogP contribution in [-0.4, -0.2) is 60.0 Å². The number of phenols is 7. The summed E-state index contributed by atoms with van der Waals surface area (Å²) >= 11 is 0. The number of aromatic carboxylic acids is 1. The second-order valence-electron chi connectivity index (χ2n) is 7.37. The third-order valence-electron chi connectivity index (χ3n) is 5.11. The van der Waals surface area contributed by atoms with Gasteiger partial charge in [0.2, 0.25) is 0 Å². The highest BCUT2D eigenvalue weighted by Gasteiger charge is 2.33. The van der Waals surface area contributed by atoms with E-state index in [2.05, 4.69) is 0 Å². The van der Waals surface area contributed by atoms with Crippen molar-refractivity contribution in [2.75, 3.05) is 7.11 Å². The molecule has 0 spiro atoms. The molecule has 0 aromatic heterocycles. The summed E-state index contributed by atoms with van der Waals surface area (Å²) in [7, 11) is 1.53. The predicted octanol–water partition coefficient (Wildman–Crippen LogP) is 2.70. The Morgan fingerprint density at radius 2 is 1.50 bits per heavy atom. The summed E-state index contributed by atoms with van der Waals surface area (Å²) in [6, 6.07) is 8.76. The first kappa shape index (κ1) is 24.1. The second-order valence-corrected chi connectivity index (χ2v) is 7.37. The molecule has 11 heteroatoms. The highest BCUT2D eigenvalue weighted by Crippen LogP contribution is 2.43. The number of hydrogen-bond donors (Lipinski definition) is 8. The summed E-state index contributed by atoms with van der Waals surface area (Å²) in [5.41, 5.74) is 0.891. The average molecular weight is 474 g/mol. The smallest absolute Gasteiger partial charge is 0.335 e. The van der Waals surface area contributed by atoms with Gasteiger partial charge in [-0.2, -0.15) is 0 Å². The third-order valence-corrected chi connectivity index (χ3v) is 5.11. The van der Waals surface area contributed by atoms with E-state index in [4.69, 9.17) is 29.9 Å². The van der Waals surface area contributed by atoms with Crippen LogP contribution in [0.1, 0.15) is 27.6 Å². The molecular formula is C23H22O11. The monoisotopic (exact) mass is 474 g/mol. The van der Waals surface area contributed by atoms with Gasteiger partial charge in [-0.1, -0.05) is 6.07 Å². The van der Waals surface area contributed by atoms with E-state index in [1.807, 2.05) is 0 Å². The SMILES string of the molecule is CO[C@H]1Cc2c(O)cc(O)cc2O[C@H]1c1ccc(O)c(O)c1.O=C(O)c1cc(O)c(O)c(O)c1. The van der Waals surface area contributed by atoms with Crippen LogP contribution in [0.4, 0.5) is 0 Å². The van der Waals surface area contributed by atoms with Gasteiger partial charge in [0.1, 0.15) is 23.4 Å². The summed E-state index contributed by atoms with van der Waals surface area (Å²) in [6.07, 6.45) is -0.526. The summed E-state index contributed by atoms with van der Waals surface area (Å²) < 4.78 is 11.3. The van der Waals surface area contributed by atoms with Crippen LogP contribution in [0.2, 0.25) is 0 Å². The molecule has 0 aliphatic carbocycles. The van der Waals surface area contributed by atoms with Crippen molar-refractivity contribution in [1.29, 1.82) is 0 Å². The van der Waals surface area contributed by atoms with E-state index >= 15 is 0 Å². The van der Waals surface area contributed by atoms with Crippen LogP contribution in [0, 0.1) is 0 Å². The summed E-state index contributed by atoms with van der Waals surface area (Å²) in [4.78, 5) is 10.3. The number of fused-ring (bicyclic) bond motifs is 1. The van der Waals surface area contributed by atoms with E-state index in [9.17, 15) is 25.2 Å². The topological polar surface area (TPSA) is 197 Å². The van der Waals surface area contributed by atoms with Gasteiger partial charge in [0, 0.05) is 31.2 Å². The molecule has 1 heterocycles. The van der Waals surface area contributed by atoms with E-state index < -0.39 is 29.3 Å². The molecule has 0 amide bonds. The molecule has 3 aromatic rings. The van der Waals surface area contributed by atoms with Crippen LogP contribution in [0.25, 0.3) is 0 Å². The van der Waals surface area contributed by atoms with Crippen molar-refractivity contribution in [2.45, 2.75) is 18.6 Å². The zero-order chi connectivity index (χ0) is 25.2. The number of methoxy groups -OCH3 is 1. The quantitative estimate of drug-likeness (QED) is 0.260. The molecule has 2 atom stereocenters. The summed E-state index contributed by atoms with van der Waals surface area (Å²) in [6.45, 7) is 0. The molecule has 0 saturated heterocycles. The Balaban J connectivity index is 0.000000229. The maximum Gasteiger partial charge on any atom is 0.335 e. The van der Waals surface area contributed by atoms with Crippen molar-refractivity contribution < 1.29 is 55.1 Å². The van der Waals surface area contributed by atoms with E-state index in [1.54, 1.807) is 6.07 Å². The predicted molar refractivity (Wildman–Crippen MR) is 116 cm³/mol. The summed E-state index contributed by atoms with van der Waals surface area (Å²) in [5.74, 6) is -3.59. The molecular weight excluding hydrogens is 452 g/mol. The number of hydrogen-bond acceptors (Lipinski definition) is 10. The zero-order valence-corrected chi connectivity index (χ0v) is 17.7. The molecule has 180 valence electrons. The van der Waals surface area contributed by atoms with Crippen molar-refractivity contribution in [3.8, 4) is 46.0 Å². The minimum Gasteiger partial charge on any atom is -0.508 e. The van der Waals surface area contributed by atoms with Gasteiger partial charge in [-0.25, -0.2) is 4.79 Å². The van der Waals surface area contributed by atoms with Gasteiger partial charge in [0.25, 0.3) is 0 Å². The molecule has 3 aromatic carbocycles. The largest absolute Gasteiger partial charge is 0.508 e. The highest BCUT2D eigenvalue weighted by atomic mass is 16.5. The molecule has 8 N–H and O–H groups in total. The lowest BCUT2D eigenvalue weighted by molar-refractivity contribution is -0.0122. The second kappa shape index (κ2) is 9.55. The minimum atomic E-state index is -1.29. The first-order valence-corrected chi connectivity index (χ1v) is 9.76. The standard InChI is InChI=1S/C16H16O6.C7H6O5/c1-21-15-7-10-12(19)5-9(17)6-14(10)22-16(15)8-2-3-11(18)13(20)4-8;8-4-1-3(7(11)12)2-5(9)6(4)10/h2-6,15-20H,7H2,1H3;1-2,8-10H,(H,11,12)/t15-,16-;/m0./s1. The fraction of sp³-hybridized carbons (Fsp3) is 0.174. The zero-order valence-electron chi connectivity index (χ0n) is 17.7. The Hall–Kier alpha value is -4.51. The normalized spacial score (nSPS) is 16.5. The maximum absolute atomic E-state index is 10.3. The molecule has 0 fully saturated rings. The number of rotatable bonds is 3. The molecule has 1 aliphatic rings. The Kier molecular flexibility index (Phi) is 6.78. The Bertz CT molecular complexity index is 1200. The number of ether oxygens (including phenoxy) is 2. The van der Waals surface area contributed by atoms with Crippen LogP contribution in [-0.2, 0) is 11.2 Å². The summed E-state index contributed by atoms with van der Waals surface area (Å²) in [5, 5.41) is 73.5. The van der Waals surface area contributed by atoms with E-state index in [0.717, 1.165) is 12.1 Å². The molecule has 0 saturated carbocycles. The first-order valence-electron chi connectivity index (χ1n) is 9.76. The third kappa shape index (κ3) is 4.94. The first-order chi connectivity index (χ1) is 16.0. The number of carbonyl (C=O) groups is 1. The van der Waals surface area contributed by atoms with Crippen LogP contribution in [0.5, 0.6) is 46.0 Å². The van der Waals surface area contributed by atoms with E-state index in [0.29, 0.717) is 23.3 Å². The molecule has 0 bridgehead atoms. The van der Waals surface area contributed by atoms with Gasteiger partial charge in [-0.05, 0) is 29.8 Å². The maximum atomic E-state index is 10.3. The number of phenolic OH excluding ortho intramolecular Hbond substituents is 7. The Morgan fingerprint density at radius 3 is 2.06 bits per heavy atom. The lowest BCUT2D eigenvalue weighted by Gasteiger charge is -2.33. The van der Waals surface area contributed by atoms with Gasteiger partial charge in [-0.3, -0.25) is 0 Å². The number of benzene rings is 3.